The fraction of sp³-hybridized carbons (Fsp3) is 0.875. The molecule has 3 rings (SSSR count). The maximum absolute atomic E-state index is 5.87. The van der Waals surface area contributed by atoms with Crippen LogP contribution in [0.3, 0.4) is 0 Å². The molecule has 1 saturated carbocycles. The minimum Gasteiger partial charge on any atom is -0.368 e. The van der Waals surface area contributed by atoms with Crippen molar-refractivity contribution in [2.45, 2.75) is 71.0 Å². The van der Waals surface area contributed by atoms with Crippen LogP contribution >= 0.6 is 0 Å². The number of piperidine rings is 1. The molecule has 2 heterocycles. The average molecular weight is 293 g/mol. The molecule has 2 aliphatic rings. The first kappa shape index (κ1) is 15.0. The van der Waals surface area contributed by atoms with Crippen LogP contribution in [0.15, 0.2) is 4.52 Å². The number of nitrogens with one attached hydrogen (secondary N) is 1. The first-order valence-corrected chi connectivity index (χ1v) is 8.27. The molecule has 1 aromatic rings. The van der Waals surface area contributed by atoms with Crippen LogP contribution in [-0.2, 0) is 11.3 Å². The number of ether oxygens (including phenoxy) is 1. The van der Waals surface area contributed by atoms with Gasteiger partial charge in [-0.1, -0.05) is 19.0 Å². The van der Waals surface area contributed by atoms with Crippen LogP contribution in [0.4, 0.5) is 0 Å². The molecule has 0 radical (unpaired) electrons. The highest BCUT2D eigenvalue weighted by molar-refractivity contribution is 4.98. The summed E-state index contributed by atoms with van der Waals surface area (Å²) in [5.74, 6) is 1.98. The van der Waals surface area contributed by atoms with Crippen molar-refractivity contribution in [3.05, 3.63) is 11.7 Å². The monoisotopic (exact) mass is 293 g/mol. The summed E-state index contributed by atoms with van der Waals surface area (Å²) in [5, 5.41) is 7.51. The summed E-state index contributed by atoms with van der Waals surface area (Å²) in [6, 6.07) is 0. The number of hydrogen-bond donors (Lipinski definition) is 1. The van der Waals surface area contributed by atoms with Crippen molar-refractivity contribution in [3.63, 3.8) is 0 Å². The second kappa shape index (κ2) is 6.44. The molecule has 5 heteroatoms. The lowest BCUT2D eigenvalue weighted by Gasteiger charge is -2.32. The molecule has 0 bridgehead atoms. The standard InChI is InChI=1S/C16H27N3O2/c1-16(2)7-3-12(4-8-16)15-18-14(21-19-15)11-20-13-5-9-17-10-6-13/h12-13,17H,3-11H2,1-2H3. The highest BCUT2D eigenvalue weighted by atomic mass is 16.5. The van der Waals surface area contributed by atoms with Crippen molar-refractivity contribution in [1.82, 2.24) is 15.5 Å². The molecule has 118 valence electrons. The fourth-order valence-corrected chi connectivity index (χ4v) is 3.30. The van der Waals surface area contributed by atoms with Gasteiger partial charge in [-0.3, -0.25) is 0 Å². The zero-order valence-electron chi connectivity index (χ0n) is 13.2. The molecular weight excluding hydrogens is 266 g/mol. The summed E-state index contributed by atoms with van der Waals surface area (Å²) in [5.41, 5.74) is 0.473. The Morgan fingerprint density at radius 2 is 1.90 bits per heavy atom. The van der Waals surface area contributed by atoms with Crippen molar-refractivity contribution in [2.24, 2.45) is 5.41 Å². The van der Waals surface area contributed by atoms with Gasteiger partial charge >= 0.3 is 0 Å². The lowest BCUT2D eigenvalue weighted by atomic mass is 9.73. The van der Waals surface area contributed by atoms with Crippen LogP contribution in [0.2, 0.25) is 0 Å². The molecule has 0 atom stereocenters. The lowest BCUT2D eigenvalue weighted by Crippen LogP contribution is -2.32. The van der Waals surface area contributed by atoms with E-state index in [1.807, 2.05) is 0 Å². The summed E-state index contributed by atoms with van der Waals surface area (Å²) in [6.07, 6.45) is 7.29. The van der Waals surface area contributed by atoms with E-state index in [1.54, 1.807) is 0 Å². The van der Waals surface area contributed by atoms with Gasteiger partial charge in [0, 0.05) is 5.92 Å². The van der Waals surface area contributed by atoms with Gasteiger partial charge in [0.15, 0.2) is 5.82 Å². The van der Waals surface area contributed by atoms with Crippen LogP contribution in [0.5, 0.6) is 0 Å². The van der Waals surface area contributed by atoms with Crippen LogP contribution in [0.25, 0.3) is 0 Å². The van der Waals surface area contributed by atoms with Crippen LogP contribution in [0.1, 0.15) is 70.0 Å². The third-order valence-corrected chi connectivity index (χ3v) is 4.92. The molecule has 21 heavy (non-hydrogen) atoms. The molecule has 0 unspecified atom stereocenters. The minimum absolute atomic E-state index is 0.331. The Kier molecular flexibility index (Phi) is 4.60. The van der Waals surface area contributed by atoms with Gasteiger partial charge in [-0.2, -0.15) is 4.98 Å². The third kappa shape index (κ3) is 4.04. The largest absolute Gasteiger partial charge is 0.368 e. The van der Waals surface area contributed by atoms with Gasteiger partial charge < -0.3 is 14.6 Å². The molecule has 1 N–H and O–H groups in total. The van der Waals surface area contributed by atoms with Gasteiger partial charge in [-0.15, -0.1) is 0 Å². The van der Waals surface area contributed by atoms with E-state index in [9.17, 15) is 0 Å². The molecule has 5 nitrogen and oxygen atoms in total. The SMILES string of the molecule is CC1(C)CCC(c2noc(COC3CCNCC3)n2)CC1. The zero-order valence-corrected chi connectivity index (χ0v) is 13.2. The van der Waals surface area contributed by atoms with E-state index in [2.05, 4.69) is 29.3 Å². The van der Waals surface area contributed by atoms with E-state index in [-0.39, 0.29) is 0 Å². The second-order valence-electron chi connectivity index (χ2n) is 7.25. The highest BCUT2D eigenvalue weighted by Crippen LogP contribution is 2.41. The van der Waals surface area contributed by atoms with Gasteiger partial charge in [0.25, 0.3) is 5.89 Å². The van der Waals surface area contributed by atoms with Crippen LogP contribution in [-0.4, -0.2) is 29.3 Å². The molecule has 0 amide bonds. The predicted octanol–water partition coefficient (Wildman–Crippen LogP) is 3.02. The van der Waals surface area contributed by atoms with Gasteiger partial charge in [0.1, 0.15) is 6.61 Å². The van der Waals surface area contributed by atoms with E-state index >= 15 is 0 Å². The van der Waals surface area contributed by atoms with Crippen molar-refractivity contribution in [3.8, 4) is 0 Å². The quantitative estimate of drug-likeness (QED) is 0.924. The second-order valence-corrected chi connectivity index (χ2v) is 7.25. The normalized spacial score (nSPS) is 24.3. The first-order chi connectivity index (χ1) is 10.1. The van der Waals surface area contributed by atoms with E-state index in [1.165, 1.54) is 25.7 Å². The van der Waals surface area contributed by atoms with Gasteiger partial charge in [-0.25, -0.2) is 0 Å². The molecule has 1 saturated heterocycles. The Morgan fingerprint density at radius 1 is 1.19 bits per heavy atom. The zero-order chi connectivity index (χ0) is 14.7. The fourth-order valence-electron chi connectivity index (χ4n) is 3.30. The Bertz CT molecular complexity index is 442. The first-order valence-electron chi connectivity index (χ1n) is 8.27. The average Bonchev–Trinajstić information content (AvgIpc) is 2.95. The Labute approximate surface area is 126 Å². The molecule has 1 aliphatic heterocycles. The van der Waals surface area contributed by atoms with Crippen molar-refractivity contribution < 1.29 is 9.26 Å². The number of nitrogens with zero attached hydrogens (tertiary/aromatic N) is 2. The Hall–Kier alpha value is -0.940. The van der Waals surface area contributed by atoms with Crippen molar-refractivity contribution >= 4 is 0 Å². The number of rotatable bonds is 4. The smallest absolute Gasteiger partial charge is 0.252 e. The van der Waals surface area contributed by atoms with Gasteiger partial charge in [0.05, 0.1) is 6.10 Å². The van der Waals surface area contributed by atoms with Crippen molar-refractivity contribution in [2.75, 3.05) is 13.1 Å². The van der Waals surface area contributed by atoms with Gasteiger partial charge in [-0.05, 0) is 57.0 Å². The molecular formula is C16H27N3O2. The van der Waals surface area contributed by atoms with Gasteiger partial charge in [0.2, 0.25) is 0 Å². The minimum atomic E-state index is 0.331. The lowest BCUT2D eigenvalue weighted by molar-refractivity contribution is 0.00859. The summed E-state index contributed by atoms with van der Waals surface area (Å²) in [6.45, 7) is 7.22. The number of aromatic nitrogens is 2. The molecule has 1 aliphatic carbocycles. The van der Waals surface area contributed by atoms with E-state index in [0.29, 0.717) is 29.9 Å². The number of hydrogen-bond acceptors (Lipinski definition) is 5. The van der Waals surface area contributed by atoms with E-state index in [0.717, 1.165) is 31.8 Å². The summed E-state index contributed by atoms with van der Waals surface area (Å²) >= 11 is 0. The molecule has 0 spiro atoms. The Morgan fingerprint density at radius 3 is 2.62 bits per heavy atom. The predicted molar refractivity (Wildman–Crippen MR) is 80.0 cm³/mol. The van der Waals surface area contributed by atoms with Crippen LogP contribution < -0.4 is 5.32 Å². The molecule has 0 aromatic carbocycles. The van der Waals surface area contributed by atoms with E-state index in [4.69, 9.17) is 9.26 Å². The van der Waals surface area contributed by atoms with Crippen LogP contribution in [0, 0.1) is 5.41 Å². The Balaban J connectivity index is 1.49. The third-order valence-electron chi connectivity index (χ3n) is 4.92. The highest BCUT2D eigenvalue weighted by Gasteiger charge is 2.30. The summed E-state index contributed by atoms with van der Waals surface area (Å²) in [7, 11) is 0. The maximum atomic E-state index is 5.87. The maximum Gasteiger partial charge on any atom is 0.252 e. The summed E-state index contributed by atoms with van der Waals surface area (Å²) < 4.78 is 11.2. The topological polar surface area (TPSA) is 60.2 Å². The summed E-state index contributed by atoms with van der Waals surface area (Å²) in [4.78, 5) is 4.55. The molecule has 2 fully saturated rings. The molecule has 1 aromatic heterocycles. The van der Waals surface area contributed by atoms with Crippen molar-refractivity contribution in [1.29, 1.82) is 0 Å². The van der Waals surface area contributed by atoms with E-state index < -0.39 is 0 Å².